The van der Waals surface area contributed by atoms with Gasteiger partial charge in [-0.15, -0.1) is 19.0 Å². The smallest absolute Gasteiger partial charge is 0.266 e. The predicted octanol–water partition coefficient (Wildman–Crippen LogP) is 0.858. The number of para-hydroxylation sites is 1. The van der Waals surface area contributed by atoms with Gasteiger partial charge in [0, 0.05) is 13.0 Å². The SMILES string of the molecule is C=C[C@@H]1C[C@@]1(N)C(=O)NS(=O)(=O)c1ccccc1NC.Cl. The van der Waals surface area contributed by atoms with Crippen LogP contribution in [0.5, 0.6) is 0 Å². The molecular formula is C13H18ClN3O3S. The number of amides is 1. The normalized spacial score (nSPS) is 23.6. The molecule has 2 atom stereocenters. The summed E-state index contributed by atoms with van der Waals surface area (Å²) in [5.41, 5.74) is 5.09. The van der Waals surface area contributed by atoms with Gasteiger partial charge >= 0.3 is 0 Å². The number of anilines is 1. The summed E-state index contributed by atoms with van der Waals surface area (Å²) in [4.78, 5) is 12.0. The Morgan fingerprint density at radius 3 is 2.62 bits per heavy atom. The second-order valence-corrected chi connectivity index (χ2v) is 6.42. The summed E-state index contributed by atoms with van der Waals surface area (Å²) in [5, 5.41) is 2.77. The molecule has 0 aromatic heterocycles. The Morgan fingerprint density at radius 1 is 1.48 bits per heavy atom. The third-order valence-electron chi connectivity index (χ3n) is 3.44. The molecule has 1 saturated carbocycles. The van der Waals surface area contributed by atoms with Crippen LogP contribution in [-0.4, -0.2) is 26.9 Å². The van der Waals surface area contributed by atoms with E-state index in [1.807, 2.05) is 4.72 Å². The van der Waals surface area contributed by atoms with Crippen LogP contribution in [0.25, 0.3) is 0 Å². The van der Waals surface area contributed by atoms with Crippen molar-refractivity contribution in [3.63, 3.8) is 0 Å². The molecule has 2 rings (SSSR count). The molecule has 21 heavy (non-hydrogen) atoms. The molecule has 1 aliphatic rings. The minimum absolute atomic E-state index is 0. The maximum atomic E-state index is 12.2. The van der Waals surface area contributed by atoms with Crippen molar-refractivity contribution in [3.8, 4) is 0 Å². The topological polar surface area (TPSA) is 101 Å². The quantitative estimate of drug-likeness (QED) is 0.695. The maximum Gasteiger partial charge on any atom is 0.266 e. The highest BCUT2D eigenvalue weighted by Gasteiger charge is 2.56. The van der Waals surface area contributed by atoms with Crippen LogP contribution in [-0.2, 0) is 14.8 Å². The van der Waals surface area contributed by atoms with Crippen molar-refractivity contribution in [1.29, 1.82) is 0 Å². The van der Waals surface area contributed by atoms with Crippen molar-refractivity contribution < 1.29 is 13.2 Å². The van der Waals surface area contributed by atoms with Gasteiger partial charge in [0.1, 0.15) is 10.4 Å². The van der Waals surface area contributed by atoms with Gasteiger partial charge in [-0.3, -0.25) is 4.79 Å². The molecule has 8 heteroatoms. The zero-order valence-electron chi connectivity index (χ0n) is 11.5. The summed E-state index contributed by atoms with van der Waals surface area (Å²) >= 11 is 0. The molecule has 1 aromatic rings. The molecule has 1 fully saturated rings. The number of hydrogen-bond donors (Lipinski definition) is 3. The van der Waals surface area contributed by atoms with Crippen LogP contribution in [0.15, 0.2) is 41.8 Å². The number of nitrogens with one attached hydrogen (secondary N) is 2. The number of rotatable bonds is 5. The van der Waals surface area contributed by atoms with Gasteiger partial charge in [0.05, 0.1) is 5.69 Å². The highest BCUT2D eigenvalue weighted by atomic mass is 35.5. The molecule has 0 heterocycles. The first-order valence-electron chi connectivity index (χ1n) is 6.10. The summed E-state index contributed by atoms with van der Waals surface area (Å²) in [6.07, 6.45) is 1.97. The number of benzene rings is 1. The summed E-state index contributed by atoms with van der Waals surface area (Å²) in [6.45, 7) is 3.56. The third kappa shape index (κ3) is 3.20. The monoisotopic (exact) mass is 331 g/mol. The van der Waals surface area contributed by atoms with Crippen molar-refractivity contribution in [2.75, 3.05) is 12.4 Å². The Balaban J connectivity index is 0.00000220. The average molecular weight is 332 g/mol. The summed E-state index contributed by atoms with van der Waals surface area (Å²) in [6, 6.07) is 6.32. The number of halogens is 1. The lowest BCUT2D eigenvalue weighted by Crippen LogP contribution is -2.46. The Kier molecular flexibility index (Phi) is 5.03. The molecule has 1 amide bonds. The first-order valence-corrected chi connectivity index (χ1v) is 7.59. The molecule has 6 nitrogen and oxygen atoms in total. The van der Waals surface area contributed by atoms with Gasteiger partial charge in [-0.1, -0.05) is 18.2 Å². The predicted molar refractivity (Wildman–Crippen MR) is 83.8 cm³/mol. The minimum Gasteiger partial charge on any atom is -0.387 e. The first kappa shape index (κ1) is 17.5. The van der Waals surface area contributed by atoms with E-state index >= 15 is 0 Å². The van der Waals surface area contributed by atoms with E-state index in [1.54, 1.807) is 31.3 Å². The summed E-state index contributed by atoms with van der Waals surface area (Å²) in [7, 11) is -2.35. The van der Waals surface area contributed by atoms with Crippen molar-refractivity contribution in [2.45, 2.75) is 16.9 Å². The minimum atomic E-state index is -3.95. The molecule has 0 spiro atoms. The lowest BCUT2D eigenvalue weighted by Gasteiger charge is -2.14. The number of carbonyl (C=O) groups excluding carboxylic acids is 1. The highest BCUT2D eigenvalue weighted by molar-refractivity contribution is 7.90. The van der Waals surface area contributed by atoms with Gasteiger partial charge in [0.2, 0.25) is 0 Å². The molecule has 0 bridgehead atoms. The van der Waals surface area contributed by atoms with Crippen LogP contribution in [0, 0.1) is 5.92 Å². The second kappa shape index (κ2) is 6.05. The van der Waals surface area contributed by atoms with E-state index in [1.165, 1.54) is 6.07 Å². The standard InChI is InChI=1S/C13H17N3O3S.ClH/c1-3-9-8-13(9,14)12(17)16-20(18,19)11-7-5-4-6-10(11)15-2;/h3-7,9,15H,1,8,14H2,2H3,(H,16,17);1H/t9-,13+;/m1./s1. The van der Waals surface area contributed by atoms with Crippen LogP contribution in [0.2, 0.25) is 0 Å². The van der Waals surface area contributed by atoms with E-state index in [2.05, 4.69) is 11.9 Å². The molecular weight excluding hydrogens is 314 g/mol. The van der Waals surface area contributed by atoms with Crippen molar-refractivity contribution in [2.24, 2.45) is 11.7 Å². The van der Waals surface area contributed by atoms with E-state index in [0.717, 1.165) is 0 Å². The van der Waals surface area contributed by atoms with Gasteiger partial charge < -0.3 is 11.1 Å². The van der Waals surface area contributed by atoms with E-state index < -0.39 is 21.5 Å². The number of hydrogen-bond acceptors (Lipinski definition) is 5. The highest BCUT2D eigenvalue weighted by Crippen LogP contribution is 2.42. The van der Waals surface area contributed by atoms with Crippen LogP contribution < -0.4 is 15.8 Å². The number of nitrogens with two attached hydrogens (primary N) is 1. The van der Waals surface area contributed by atoms with Gasteiger partial charge in [-0.05, 0) is 18.6 Å². The Labute approximate surface area is 130 Å². The van der Waals surface area contributed by atoms with Crippen molar-refractivity contribution >= 4 is 34.0 Å². The van der Waals surface area contributed by atoms with Crippen LogP contribution in [0.1, 0.15) is 6.42 Å². The molecule has 0 unspecified atom stereocenters. The summed E-state index contributed by atoms with van der Waals surface area (Å²) < 4.78 is 26.5. The Bertz CT molecular complexity index is 662. The van der Waals surface area contributed by atoms with E-state index in [0.29, 0.717) is 12.1 Å². The fourth-order valence-electron chi connectivity index (χ4n) is 2.04. The maximum absolute atomic E-state index is 12.2. The molecule has 0 aliphatic heterocycles. The second-order valence-electron chi connectivity index (χ2n) is 4.77. The van der Waals surface area contributed by atoms with Gasteiger partial charge in [-0.25, -0.2) is 13.1 Å². The zero-order chi connectivity index (χ0) is 15.0. The van der Waals surface area contributed by atoms with E-state index in [4.69, 9.17) is 5.73 Å². The Morgan fingerprint density at radius 2 is 2.10 bits per heavy atom. The van der Waals surface area contributed by atoms with Gasteiger partial charge in [-0.2, -0.15) is 0 Å². The van der Waals surface area contributed by atoms with Gasteiger partial charge in [0.15, 0.2) is 0 Å². The van der Waals surface area contributed by atoms with Gasteiger partial charge in [0.25, 0.3) is 15.9 Å². The molecule has 4 N–H and O–H groups in total. The molecule has 1 aromatic carbocycles. The zero-order valence-corrected chi connectivity index (χ0v) is 13.1. The first-order chi connectivity index (χ1) is 9.35. The summed E-state index contributed by atoms with van der Waals surface area (Å²) in [5.74, 6) is -0.884. The number of sulfonamides is 1. The average Bonchev–Trinajstić information content (AvgIpc) is 3.11. The molecule has 0 radical (unpaired) electrons. The third-order valence-corrected chi connectivity index (χ3v) is 4.83. The number of carbonyl (C=O) groups is 1. The van der Waals surface area contributed by atoms with Crippen LogP contribution in [0.3, 0.4) is 0 Å². The molecule has 0 saturated heterocycles. The lowest BCUT2D eigenvalue weighted by atomic mass is 10.2. The van der Waals surface area contributed by atoms with E-state index in [9.17, 15) is 13.2 Å². The van der Waals surface area contributed by atoms with Crippen molar-refractivity contribution in [1.82, 2.24) is 4.72 Å². The van der Waals surface area contributed by atoms with Crippen molar-refractivity contribution in [3.05, 3.63) is 36.9 Å². The van der Waals surface area contributed by atoms with Crippen LogP contribution >= 0.6 is 12.4 Å². The molecule has 1 aliphatic carbocycles. The Hall–Kier alpha value is -1.57. The lowest BCUT2D eigenvalue weighted by molar-refractivity contribution is -0.121. The fourth-order valence-corrected chi connectivity index (χ4v) is 3.30. The fraction of sp³-hybridized carbons (Fsp3) is 0.308. The van der Waals surface area contributed by atoms with Crippen LogP contribution in [0.4, 0.5) is 5.69 Å². The van der Waals surface area contributed by atoms with E-state index in [-0.39, 0.29) is 23.2 Å². The largest absolute Gasteiger partial charge is 0.387 e. The molecule has 116 valence electrons.